The van der Waals surface area contributed by atoms with Crippen molar-refractivity contribution < 1.29 is 38.4 Å². The minimum Gasteiger partial charge on any atom is -0.370 e. The first-order chi connectivity index (χ1) is 47.6. The van der Waals surface area contributed by atoms with Crippen molar-refractivity contribution >= 4 is 109 Å². The number of aromatic nitrogens is 4. The van der Waals surface area contributed by atoms with Crippen molar-refractivity contribution in [3.63, 3.8) is 0 Å². The zero-order chi connectivity index (χ0) is 71.0. The molecule has 4 heterocycles. The molecule has 29 N–H and O–H groups in total. The molecule has 0 saturated carbocycles. The molecule has 0 aliphatic heterocycles. The van der Waals surface area contributed by atoms with Gasteiger partial charge in [0.25, 0.3) is 0 Å². The van der Waals surface area contributed by atoms with E-state index in [2.05, 4.69) is 73.1 Å². The molecule has 0 spiro atoms. The maximum absolute atomic E-state index is 15.2. The minimum atomic E-state index is -1.45. The number of benzene rings is 4. The molecule has 4 aromatic carbocycles. The van der Waals surface area contributed by atoms with Gasteiger partial charge in [0.1, 0.15) is 36.3 Å². The summed E-state index contributed by atoms with van der Waals surface area (Å²) in [6.07, 6.45) is 8.04. The third-order valence-corrected chi connectivity index (χ3v) is 17.1. The van der Waals surface area contributed by atoms with E-state index in [1.54, 1.807) is 24.8 Å². The van der Waals surface area contributed by atoms with Crippen molar-refractivity contribution in [1.82, 2.24) is 73.1 Å². The second kappa shape index (κ2) is 36.0. The summed E-state index contributed by atoms with van der Waals surface area (Å²) in [5, 5.41) is 53.9. The standard InChI is InChI=1S/C68H91N23O8/c69-46(30-38-34-82-48-18-5-1-14-42(38)48)59(93)90-56(32-40-36-84-50-20-7-3-16-44(40)50)61(95)78-26-10-9-22-53(89-65(99)57(33-41-37-85-51-21-8-4-17-45(41)51)91-60(94)47(70)31-39-35-83-49-19-6-2-15-43(39)49)63(97)88-55(25-13-29-81-68(76)77)64(98)87-54(24-12-28-80-67(74)75)62(96)86-52(58(71)92)23-11-27-79-66(72)73/h1-8,14-21,34-37,46-47,52-57,82-85H,9-13,22-33,69-70H2,(H2,71,92)(H,78,95)(H,86,96)(H,87,98)(H,88,97)(H,89,99)(H,90,93)(H,91,94)(H4,72,73,79)(H4,74,75,80)(H4,76,77,81)/t46-,47-,52-,53-,54-,55-,56-,57-/m0/s1. The Balaban J connectivity index is 1.04. The summed E-state index contributed by atoms with van der Waals surface area (Å²) in [4.78, 5) is 127. The molecule has 99 heavy (non-hydrogen) atoms. The number of amides is 8. The first kappa shape index (κ1) is 73.3. The number of aromatic amines is 4. The van der Waals surface area contributed by atoms with E-state index in [4.69, 9.17) is 50.6 Å². The topological polar surface area (TPSA) is 548 Å². The first-order valence-corrected chi connectivity index (χ1v) is 33.0. The van der Waals surface area contributed by atoms with Gasteiger partial charge in [-0.15, -0.1) is 0 Å². The van der Waals surface area contributed by atoms with Crippen molar-refractivity contribution in [1.29, 1.82) is 16.2 Å². The number of hydrogen-bond acceptors (Lipinski definition) is 13. The number of carbonyl (C=O) groups excluding carboxylic acids is 8. The molecular formula is C68H91N23O8. The van der Waals surface area contributed by atoms with E-state index < -0.39 is 95.6 Å². The fourth-order valence-electron chi connectivity index (χ4n) is 11.9. The van der Waals surface area contributed by atoms with Gasteiger partial charge in [-0.25, -0.2) is 0 Å². The lowest BCUT2D eigenvalue weighted by molar-refractivity contribution is -0.135. The van der Waals surface area contributed by atoms with Crippen LogP contribution in [0, 0.1) is 16.2 Å². The van der Waals surface area contributed by atoms with Gasteiger partial charge in [0.15, 0.2) is 17.9 Å². The zero-order valence-electron chi connectivity index (χ0n) is 54.9. The molecule has 0 aliphatic rings. The van der Waals surface area contributed by atoms with E-state index in [0.29, 0.717) is 5.56 Å². The average molecular weight is 1360 g/mol. The van der Waals surface area contributed by atoms with Crippen LogP contribution in [-0.2, 0) is 64.0 Å². The van der Waals surface area contributed by atoms with Crippen molar-refractivity contribution in [3.05, 3.63) is 144 Å². The number of guanidine groups is 3. The Labute approximate surface area is 570 Å². The predicted molar refractivity (Wildman–Crippen MR) is 379 cm³/mol. The molecule has 0 aliphatic carbocycles. The number of nitrogens with two attached hydrogens (primary N) is 6. The van der Waals surface area contributed by atoms with E-state index in [1.807, 2.05) is 97.1 Å². The van der Waals surface area contributed by atoms with Crippen LogP contribution in [0.5, 0.6) is 0 Å². The molecule has 4 aromatic heterocycles. The highest BCUT2D eigenvalue weighted by atomic mass is 16.2. The van der Waals surface area contributed by atoms with Crippen LogP contribution in [0.4, 0.5) is 0 Å². The Kier molecular flexibility index (Phi) is 26.7. The van der Waals surface area contributed by atoms with Gasteiger partial charge in [0.05, 0.1) is 12.1 Å². The Bertz CT molecular complexity index is 4140. The van der Waals surface area contributed by atoms with Gasteiger partial charge in [-0.05, 0) is 117 Å². The molecule has 31 heteroatoms. The average Bonchev–Trinajstić information content (AvgIpc) is 1.74. The number of primary amides is 1. The van der Waals surface area contributed by atoms with Crippen LogP contribution in [-0.4, -0.2) is 160 Å². The van der Waals surface area contributed by atoms with Crippen molar-refractivity contribution in [3.8, 4) is 0 Å². The van der Waals surface area contributed by atoms with Crippen LogP contribution in [0.25, 0.3) is 43.6 Å². The molecule has 8 amide bonds. The fourth-order valence-corrected chi connectivity index (χ4v) is 11.9. The van der Waals surface area contributed by atoms with Gasteiger partial charge in [0.2, 0.25) is 47.3 Å². The van der Waals surface area contributed by atoms with Crippen molar-refractivity contribution in [2.75, 3.05) is 26.2 Å². The lowest BCUT2D eigenvalue weighted by Gasteiger charge is -2.27. The highest BCUT2D eigenvalue weighted by molar-refractivity contribution is 5.98. The highest BCUT2D eigenvalue weighted by Crippen LogP contribution is 2.24. The first-order valence-electron chi connectivity index (χ1n) is 33.0. The number of para-hydroxylation sites is 4. The van der Waals surface area contributed by atoms with Gasteiger partial charge in [-0.1, -0.05) is 72.8 Å². The van der Waals surface area contributed by atoms with Crippen LogP contribution in [0.15, 0.2) is 122 Å². The summed E-state index contributed by atoms with van der Waals surface area (Å²) in [7, 11) is 0. The third kappa shape index (κ3) is 21.5. The number of fused-ring (bicyclic) bond motifs is 4. The molecular weight excluding hydrogens is 1270 g/mol. The van der Waals surface area contributed by atoms with Gasteiger partial charge in [-0.2, -0.15) is 0 Å². The number of nitrogens with one attached hydrogen (secondary N) is 17. The maximum atomic E-state index is 15.2. The molecule has 0 bridgehead atoms. The number of unbranched alkanes of at least 4 members (excludes halogenated alkanes) is 1. The Morgan fingerprint density at radius 1 is 0.323 bits per heavy atom. The summed E-state index contributed by atoms with van der Waals surface area (Å²) >= 11 is 0. The lowest BCUT2D eigenvalue weighted by atomic mass is 10.0. The van der Waals surface area contributed by atoms with Gasteiger partial charge in [0, 0.05) is 107 Å². The molecule has 0 saturated heterocycles. The van der Waals surface area contributed by atoms with Crippen LogP contribution >= 0.6 is 0 Å². The van der Waals surface area contributed by atoms with E-state index in [1.165, 1.54) is 0 Å². The Morgan fingerprint density at radius 3 is 0.939 bits per heavy atom. The van der Waals surface area contributed by atoms with Crippen molar-refractivity contribution in [2.45, 2.75) is 132 Å². The van der Waals surface area contributed by atoms with Crippen LogP contribution in [0.2, 0.25) is 0 Å². The second-order valence-corrected chi connectivity index (χ2v) is 24.5. The quantitative estimate of drug-likeness (QED) is 0.0137. The molecule has 8 aromatic rings. The number of H-pyrrole nitrogens is 4. The molecule has 0 fully saturated rings. The summed E-state index contributed by atoms with van der Waals surface area (Å²) in [6, 6.07) is 20.0. The van der Waals surface area contributed by atoms with E-state index in [0.717, 1.165) is 60.3 Å². The van der Waals surface area contributed by atoms with Crippen LogP contribution < -0.4 is 87.6 Å². The number of carbonyl (C=O) groups is 8. The fraction of sp³-hybridized carbons (Fsp3) is 0.368. The second-order valence-electron chi connectivity index (χ2n) is 24.5. The molecule has 526 valence electrons. The smallest absolute Gasteiger partial charge is 0.243 e. The van der Waals surface area contributed by atoms with Crippen LogP contribution in [0.3, 0.4) is 0 Å². The summed E-state index contributed by atoms with van der Waals surface area (Å²) in [5.74, 6) is -6.92. The monoisotopic (exact) mass is 1360 g/mol. The largest absolute Gasteiger partial charge is 0.370 e. The molecule has 31 nitrogen and oxygen atoms in total. The van der Waals surface area contributed by atoms with Gasteiger partial charge >= 0.3 is 0 Å². The molecule has 8 atom stereocenters. The van der Waals surface area contributed by atoms with Gasteiger partial charge < -0.3 is 108 Å². The van der Waals surface area contributed by atoms with Gasteiger partial charge in [-0.3, -0.25) is 54.6 Å². The number of hydrogen-bond donors (Lipinski definition) is 23. The minimum absolute atomic E-state index is 0.0296. The molecule has 0 radical (unpaired) electrons. The summed E-state index contributed by atoms with van der Waals surface area (Å²) in [5.41, 5.74) is 41.8. The lowest BCUT2D eigenvalue weighted by Crippen LogP contribution is -2.59. The maximum Gasteiger partial charge on any atom is 0.243 e. The van der Waals surface area contributed by atoms with E-state index in [9.17, 15) is 28.8 Å². The normalized spacial score (nSPS) is 13.7. The highest BCUT2D eigenvalue weighted by Gasteiger charge is 2.34. The summed E-state index contributed by atoms with van der Waals surface area (Å²) < 4.78 is 0. The SMILES string of the molecule is N=C(N)NCCC[C@H](NC(=O)[C@H](CCCNC(=N)N)NC(=O)[C@H](CCCNC(=N)N)NC(=O)[C@H](CCCCNC(=O)[C@H](Cc1c[nH]c2ccccc12)NC(=O)[C@@H](N)Cc1c[nH]c2ccccc12)NC(=O)[C@H](Cc1c[nH]c2ccccc12)NC(=O)[C@@H](N)Cc1c[nH]c2ccccc12)C(N)=O. The van der Waals surface area contributed by atoms with Crippen LogP contribution in [0.1, 0.15) is 80.0 Å². The summed E-state index contributed by atoms with van der Waals surface area (Å²) in [6.45, 7) is 0.390. The Morgan fingerprint density at radius 2 is 0.596 bits per heavy atom. The van der Waals surface area contributed by atoms with Crippen molar-refractivity contribution in [2.24, 2.45) is 34.4 Å². The van der Waals surface area contributed by atoms with E-state index in [-0.39, 0.29) is 128 Å². The molecule has 0 unspecified atom stereocenters. The number of rotatable bonds is 39. The molecule has 8 rings (SSSR count). The Hall–Kier alpha value is -11.5. The zero-order valence-corrected chi connectivity index (χ0v) is 54.9. The predicted octanol–water partition coefficient (Wildman–Crippen LogP) is 0.00741. The third-order valence-electron chi connectivity index (χ3n) is 17.1. The van der Waals surface area contributed by atoms with E-state index >= 15 is 9.59 Å².